The summed E-state index contributed by atoms with van der Waals surface area (Å²) in [5.74, 6) is 1.09. The van der Waals surface area contributed by atoms with Crippen molar-refractivity contribution in [1.29, 1.82) is 0 Å². The maximum Gasteiger partial charge on any atom is 0.223 e. The van der Waals surface area contributed by atoms with Crippen molar-refractivity contribution >= 4 is 16.7 Å². The molecule has 0 aliphatic heterocycles. The van der Waals surface area contributed by atoms with Crippen molar-refractivity contribution in [2.75, 3.05) is 45.4 Å². The molecule has 0 saturated carbocycles. The van der Waals surface area contributed by atoms with Gasteiger partial charge < -0.3 is 15.4 Å². The number of nitrogens with zero attached hydrogens (tertiary/aromatic N) is 1. The highest BCUT2D eigenvalue weighted by atomic mass is 32.2. The predicted octanol–water partition coefficient (Wildman–Crippen LogP) is -0.0311. The van der Waals surface area contributed by atoms with Gasteiger partial charge in [0.15, 0.2) is 0 Å². The lowest BCUT2D eigenvalue weighted by atomic mass is 10.3. The molecule has 0 fully saturated rings. The fraction of sp³-hybridized carbons (Fsp3) is 0.909. The van der Waals surface area contributed by atoms with Crippen molar-refractivity contribution < 1.29 is 13.7 Å². The first kappa shape index (κ1) is 16.5. The minimum absolute atomic E-state index is 0.0403. The van der Waals surface area contributed by atoms with Gasteiger partial charge in [0.2, 0.25) is 5.91 Å². The van der Waals surface area contributed by atoms with Gasteiger partial charge in [-0.15, -0.1) is 0 Å². The number of methoxy groups -OCH3 is 1. The van der Waals surface area contributed by atoms with Crippen LogP contribution in [-0.4, -0.2) is 60.4 Å². The third kappa shape index (κ3) is 9.26. The number of amides is 1. The molecular formula is C11H24N2O3S. The van der Waals surface area contributed by atoms with Crippen molar-refractivity contribution in [2.24, 2.45) is 5.73 Å². The Hall–Kier alpha value is -0.460. The third-order valence-electron chi connectivity index (χ3n) is 2.39. The molecule has 1 amide bonds. The van der Waals surface area contributed by atoms with Crippen molar-refractivity contribution in [1.82, 2.24) is 4.90 Å². The molecule has 5 nitrogen and oxygen atoms in total. The van der Waals surface area contributed by atoms with E-state index in [1.807, 2.05) is 0 Å². The molecule has 1 unspecified atom stereocenters. The smallest absolute Gasteiger partial charge is 0.223 e. The van der Waals surface area contributed by atoms with Crippen LogP contribution in [0.2, 0.25) is 0 Å². The standard InChI is InChI=1S/C11H24N2O3S/c1-13(7-3-6-12)11(14)5-10-17(15)9-4-8-16-2/h3-10,12H2,1-2H3. The minimum Gasteiger partial charge on any atom is -0.385 e. The lowest BCUT2D eigenvalue weighted by Crippen LogP contribution is -2.30. The van der Waals surface area contributed by atoms with Crippen molar-refractivity contribution in [3.8, 4) is 0 Å². The van der Waals surface area contributed by atoms with Gasteiger partial charge in [0.05, 0.1) is 0 Å². The van der Waals surface area contributed by atoms with Crippen LogP contribution in [0.25, 0.3) is 0 Å². The zero-order chi connectivity index (χ0) is 13.1. The van der Waals surface area contributed by atoms with Crippen LogP contribution in [0.4, 0.5) is 0 Å². The number of nitrogens with two attached hydrogens (primary N) is 1. The van der Waals surface area contributed by atoms with E-state index in [1.165, 1.54) is 0 Å². The first-order chi connectivity index (χ1) is 8.11. The molecule has 0 aliphatic carbocycles. The normalized spacial score (nSPS) is 12.4. The summed E-state index contributed by atoms with van der Waals surface area (Å²) in [6.45, 7) is 1.88. The number of ether oxygens (including phenoxy) is 1. The zero-order valence-electron chi connectivity index (χ0n) is 10.8. The van der Waals surface area contributed by atoms with E-state index in [4.69, 9.17) is 10.5 Å². The van der Waals surface area contributed by atoms with E-state index < -0.39 is 10.8 Å². The molecule has 0 aliphatic rings. The Morgan fingerprint density at radius 3 is 2.65 bits per heavy atom. The molecule has 0 aromatic rings. The summed E-state index contributed by atoms with van der Waals surface area (Å²) in [6.07, 6.45) is 1.93. The second-order valence-electron chi connectivity index (χ2n) is 3.90. The quantitative estimate of drug-likeness (QED) is 0.562. The van der Waals surface area contributed by atoms with Gasteiger partial charge in [-0.3, -0.25) is 9.00 Å². The fourth-order valence-corrected chi connectivity index (χ4v) is 2.36. The summed E-state index contributed by atoms with van der Waals surface area (Å²) in [6, 6.07) is 0. The number of hydrogen-bond donors (Lipinski definition) is 1. The number of rotatable bonds is 10. The maximum atomic E-state index is 11.6. The van der Waals surface area contributed by atoms with Crippen LogP contribution in [-0.2, 0) is 20.3 Å². The van der Waals surface area contributed by atoms with Gasteiger partial charge in [-0.25, -0.2) is 0 Å². The van der Waals surface area contributed by atoms with Crippen LogP contribution in [0.3, 0.4) is 0 Å². The predicted molar refractivity (Wildman–Crippen MR) is 70.3 cm³/mol. The molecule has 1 atom stereocenters. The van der Waals surface area contributed by atoms with Gasteiger partial charge in [-0.2, -0.15) is 0 Å². The molecule has 0 bridgehead atoms. The molecule has 0 radical (unpaired) electrons. The van der Waals surface area contributed by atoms with E-state index in [1.54, 1.807) is 19.1 Å². The maximum absolute atomic E-state index is 11.6. The fourth-order valence-electron chi connectivity index (χ4n) is 1.31. The van der Waals surface area contributed by atoms with E-state index in [0.29, 0.717) is 37.6 Å². The Labute approximate surface area is 106 Å². The molecule has 0 heterocycles. The highest BCUT2D eigenvalue weighted by Crippen LogP contribution is 1.97. The highest BCUT2D eigenvalue weighted by molar-refractivity contribution is 7.84. The summed E-state index contributed by atoms with van der Waals surface area (Å²) in [4.78, 5) is 13.3. The molecule has 17 heavy (non-hydrogen) atoms. The molecule has 102 valence electrons. The van der Waals surface area contributed by atoms with Crippen molar-refractivity contribution in [2.45, 2.75) is 19.3 Å². The largest absolute Gasteiger partial charge is 0.385 e. The van der Waals surface area contributed by atoms with Gasteiger partial charge >= 0.3 is 0 Å². The van der Waals surface area contributed by atoms with Gasteiger partial charge in [0.25, 0.3) is 0 Å². The van der Waals surface area contributed by atoms with Crippen molar-refractivity contribution in [3.63, 3.8) is 0 Å². The van der Waals surface area contributed by atoms with Crippen LogP contribution < -0.4 is 5.73 Å². The lowest BCUT2D eigenvalue weighted by Gasteiger charge is -2.16. The Morgan fingerprint density at radius 1 is 1.35 bits per heavy atom. The van der Waals surface area contributed by atoms with Crippen LogP contribution in [0.15, 0.2) is 0 Å². The van der Waals surface area contributed by atoms with Gasteiger partial charge in [-0.1, -0.05) is 0 Å². The molecular weight excluding hydrogens is 240 g/mol. The summed E-state index contributed by atoms with van der Waals surface area (Å²) < 4.78 is 16.4. The summed E-state index contributed by atoms with van der Waals surface area (Å²) in [5.41, 5.74) is 5.37. The van der Waals surface area contributed by atoms with Gasteiger partial charge in [0.1, 0.15) is 0 Å². The molecule has 0 spiro atoms. The monoisotopic (exact) mass is 264 g/mol. The van der Waals surface area contributed by atoms with E-state index in [-0.39, 0.29) is 5.91 Å². The van der Waals surface area contributed by atoms with Crippen LogP contribution in [0.5, 0.6) is 0 Å². The second kappa shape index (κ2) is 10.7. The minimum atomic E-state index is -0.917. The summed E-state index contributed by atoms with van der Waals surface area (Å²) >= 11 is 0. The first-order valence-corrected chi connectivity index (χ1v) is 7.38. The number of carbonyl (C=O) groups is 1. The van der Waals surface area contributed by atoms with E-state index in [9.17, 15) is 9.00 Å². The molecule has 0 rings (SSSR count). The molecule has 0 aromatic heterocycles. The van der Waals surface area contributed by atoms with Crippen molar-refractivity contribution in [3.05, 3.63) is 0 Å². The Kier molecular flexibility index (Phi) is 10.4. The van der Waals surface area contributed by atoms with Crippen LogP contribution in [0, 0.1) is 0 Å². The van der Waals surface area contributed by atoms with Crippen LogP contribution in [0.1, 0.15) is 19.3 Å². The van der Waals surface area contributed by atoms with E-state index in [2.05, 4.69) is 0 Å². The second-order valence-corrected chi connectivity index (χ2v) is 5.60. The lowest BCUT2D eigenvalue weighted by molar-refractivity contribution is -0.129. The SMILES string of the molecule is COCCCS(=O)CCC(=O)N(C)CCCN. The zero-order valence-corrected chi connectivity index (χ0v) is 11.6. The average molecular weight is 264 g/mol. The molecule has 2 N–H and O–H groups in total. The summed E-state index contributed by atoms with van der Waals surface area (Å²) in [5, 5.41) is 0. The molecule has 0 aromatic carbocycles. The average Bonchev–Trinajstić information content (AvgIpc) is 2.33. The number of carbonyl (C=O) groups excluding carboxylic acids is 1. The number of hydrogen-bond acceptors (Lipinski definition) is 4. The van der Waals surface area contributed by atoms with E-state index in [0.717, 1.165) is 12.8 Å². The topological polar surface area (TPSA) is 72.6 Å². The van der Waals surface area contributed by atoms with Gasteiger partial charge in [0, 0.05) is 56.0 Å². The third-order valence-corrected chi connectivity index (χ3v) is 3.79. The Balaban J connectivity index is 3.64. The highest BCUT2D eigenvalue weighted by Gasteiger charge is 2.09. The van der Waals surface area contributed by atoms with Crippen LogP contribution >= 0.6 is 0 Å². The Morgan fingerprint density at radius 2 is 2.06 bits per heavy atom. The summed E-state index contributed by atoms with van der Waals surface area (Å²) in [7, 11) is 2.46. The molecule has 0 saturated heterocycles. The Bertz CT molecular complexity index is 237. The molecule has 6 heteroatoms. The van der Waals surface area contributed by atoms with E-state index >= 15 is 0 Å². The van der Waals surface area contributed by atoms with Gasteiger partial charge in [-0.05, 0) is 19.4 Å². The first-order valence-electron chi connectivity index (χ1n) is 5.89.